The molecule has 0 amide bonds. The molecule has 0 fully saturated rings. The molecule has 0 saturated heterocycles. The number of carboxylic acid groups (broad SMARTS) is 1. The van der Waals surface area contributed by atoms with Crippen LogP contribution >= 0.6 is 0 Å². The molecule has 0 atom stereocenters. The van der Waals surface area contributed by atoms with Crippen LogP contribution in [0, 0.1) is 0 Å². The normalized spacial score (nSPS) is 10.4. The van der Waals surface area contributed by atoms with E-state index < -0.39 is 17.9 Å². The van der Waals surface area contributed by atoms with E-state index >= 15 is 0 Å². The summed E-state index contributed by atoms with van der Waals surface area (Å²) in [5.74, 6) is -1.68. The Hall–Kier alpha value is -3.40. The standard InChI is InChI=1S/C21H16O4/c22-20(23)17-11-13-18(14-12-17)25-21(24)19(15-7-3-1-4-8-15)16-9-5-2-6-10-16/h1-14,19H,(H,22,23). The highest BCUT2D eigenvalue weighted by molar-refractivity contribution is 5.88. The number of ether oxygens (including phenoxy) is 1. The van der Waals surface area contributed by atoms with Crippen molar-refractivity contribution in [1.29, 1.82) is 0 Å². The molecule has 0 aliphatic heterocycles. The molecule has 0 saturated carbocycles. The second-order valence-electron chi connectivity index (χ2n) is 5.51. The summed E-state index contributed by atoms with van der Waals surface area (Å²) < 4.78 is 5.49. The molecule has 0 aliphatic carbocycles. The van der Waals surface area contributed by atoms with Crippen molar-refractivity contribution in [2.24, 2.45) is 0 Å². The van der Waals surface area contributed by atoms with Gasteiger partial charge in [0, 0.05) is 0 Å². The Balaban J connectivity index is 1.88. The van der Waals surface area contributed by atoms with Gasteiger partial charge < -0.3 is 9.84 Å². The van der Waals surface area contributed by atoms with Crippen LogP contribution < -0.4 is 4.74 Å². The molecular weight excluding hydrogens is 316 g/mol. The summed E-state index contributed by atoms with van der Waals surface area (Å²) in [6.07, 6.45) is 0. The monoisotopic (exact) mass is 332 g/mol. The molecule has 0 bridgehead atoms. The number of esters is 1. The van der Waals surface area contributed by atoms with Gasteiger partial charge in [-0.3, -0.25) is 4.79 Å². The number of rotatable bonds is 5. The Morgan fingerprint density at radius 3 is 1.64 bits per heavy atom. The van der Waals surface area contributed by atoms with E-state index in [0.29, 0.717) is 5.75 Å². The molecule has 4 nitrogen and oxygen atoms in total. The van der Waals surface area contributed by atoms with Crippen LogP contribution in [-0.4, -0.2) is 17.0 Å². The maximum atomic E-state index is 12.8. The summed E-state index contributed by atoms with van der Waals surface area (Å²) in [6, 6.07) is 24.6. The van der Waals surface area contributed by atoms with Crippen molar-refractivity contribution in [2.45, 2.75) is 5.92 Å². The molecular formula is C21H16O4. The van der Waals surface area contributed by atoms with Crippen molar-refractivity contribution < 1.29 is 19.4 Å². The minimum Gasteiger partial charge on any atom is -0.478 e. The summed E-state index contributed by atoms with van der Waals surface area (Å²) in [4.78, 5) is 23.7. The van der Waals surface area contributed by atoms with Crippen molar-refractivity contribution in [1.82, 2.24) is 0 Å². The molecule has 4 heteroatoms. The third-order valence-corrected chi connectivity index (χ3v) is 3.82. The Kier molecular flexibility index (Phi) is 4.90. The summed E-state index contributed by atoms with van der Waals surface area (Å²) in [5, 5.41) is 8.94. The zero-order chi connectivity index (χ0) is 17.6. The van der Waals surface area contributed by atoms with Crippen LogP contribution in [-0.2, 0) is 4.79 Å². The van der Waals surface area contributed by atoms with E-state index in [0.717, 1.165) is 11.1 Å². The summed E-state index contributed by atoms with van der Waals surface area (Å²) >= 11 is 0. The van der Waals surface area contributed by atoms with E-state index in [4.69, 9.17) is 9.84 Å². The van der Waals surface area contributed by atoms with Gasteiger partial charge in [-0.25, -0.2) is 4.79 Å². The van der Waals surface area contributed by atoms with E-state index in [9.17, 15) is 9.59 Å². The Morgan fingerprint density at radius 2 is 1.20 bits per heavy atom. The van der Waals surface area contributed by atoms with Crippen molar-refractivity contribution in [3.8, 4) is 5.75 Å². The topological polar surface area (TPSA) is 63.6 Å². The van der Waals surface area contributed by atoms with Gasteiger partial charge in [0.05, 0.1) is 5.56 Å². The Bertz CT molecular complexity index is 816. The van der Waals surface area contributed by atoms with Crippen LogP contribution in [0.1, 0.15) is 27.4 Å². The Labute approximate surface area is 145 Å². The van der Waals surface area contributed by atoms with Gasteiger partial charge in [-0.1, -0.05) is 60.7 Å². The van der Waals surface area contributed by atoms with Crippen LogP contribution in [0.2, 0.25) is 0 Å². The van der Waals surface area contributed by atoms with Crippen LogP contribution in [0.25, 0.3) is 0 Å². The predicted octanol–water partition coefficient (Wildman–Crippen LogP) is 4.12. The number of hydrogen-bond donors (Lipinski definition) is 1. The maximum absolute atomic E-state index is 12.8. The van der Waals surface area contributed by atoms with Gasteiger partial charge in [0.2, 0.25) is 0 Å². The molecule has 3 rings (SSSR count). The van der Waals surface area contributed by atoms with Gasteiger partial charge in [-0.2, -0.15) is 0 Å². The lowest BCUT2D eigenvalue weighted by Crippen LogP contribution is -2.20. The van der Waals surface area contributed by atoms with Crippen molar-refractivity contribution in [2.75, 3.05) is 0 Å². The molecule has 124 valence electrons. The number of aromatic carboxylic acids is 1. The second-order valence-corrected chi connectivity index (χ2v) is 5.51. The number of carboxylic acids is 1. The fourth-order valence-corrected chi connectivity index (χ4v) is 2.60. The van der Waals surface area contributed by atoms with Crippen LogP contribution in [0.4, 0.5) is 0 Å². The first-order valence-corrected chi connectivity index (χ1v) is 7.80. The molecule has 3 aromatic carbocycles. The lowest BCUT2D eigenvalue weighted by molar-refractivity contribution is -0.135. The average Bonchev–Trinajstić information content (AvgIpc) is 2.64. The maximum Gasteiger partial charge on any atom is 0.335 e. The molecule has 0 spiro atoms. The minimum absolute atomic E-state index is 0.141. The van der Waals surface area contributed by atoms with E-state index in [1.54, 1.807) is 0 Å². The molecule has 0 aliphatic rings. The first-order valence-electron chi connectivity index (χ1n) is 7.80. The molecule has 0 aromatic heterocycles. The van der Waals surface area contributed by atoms with Crippen molar-refractivity contribution in [3.05, 3.63) is 102 Å². The highest BCUT2D eigenvalue weighted by Crippen LogP contribution is 2.27. The zero-order valence-corrected chi connectivity index (χ0v) is 13.3. The van der Waals surface area contributed by atoms with E-state index in [1.807, 2.05) is 60.7 Å². The smallest absolute Gasteiger partial charge is 0.335 e. The van der Waals surface area contributed by atoms with Crippen LogP contribution in [0.5, 0.6) is 5.75 Å². The highest BCUT2D eigenvalue weighted by atomic mass is 16.5. The van der Waals surface area contributed by atoms with Gasteiger partial charge in [-0.15, -0.1) is 0 Å². The number of carbonyl (C=O) groups is 2. The molecule has 1 N–H and O–H groups in total. The van der Waals surface area contributed by atoms with Crippen LogP contribution in [0.15, 0.2) is 84.9 Å². The first-order chi connectivity index (χ1) is 12.1. The molecule has 0 heterocycles. The number of hydrogen-bond acceptors (Lipinski definition) is 3. The highest BCUT2D eigenvalue weighted by Gasteiger charge is 2.24. The van der Waals surface area contributed by atoms with E-state index in [1.165, 1.54) is 24.3 Å². The lowest BCUT2D eigenvalue weighted by atomic mass is 9.91. The Morgan fingerprint density at radius 1 is 0.720 bits per heavy atom. The summed E-state index contributed by atoms with van der Waals surface area (Å²) in [7, 11) is 0. The van der Waals surface area contributed by atoms with Gasteiger partial charge >= 0.3 is 11.9 Å². The number of carbonyl (C=O) groups excluding carboxylic acids is 1. The fraction of sp³-hybridized carbons (Fsp3) is 0.0476. The largest absolute Gasteiger partial charge is 0.478 e. The molecule has 0 radical (unpaired) electrons. The second kappa shape index (κ2) is 7.45. The van der Waals surface area contributed by atoms with Gasteiger partial charge in [0.15, 0.2) is 0 Å². The number of benzene rings is 3. The third-order valence-electron chi connectivity index (χ3n) is 3.82. The van der Waals surface area contributed by atoms with Gasteiger partial charge in [0.1, 0.15) is 11.7 Å². The van der Waals surface area contributed by atoms with E-state index in [-0.39, 0.29) is 5.56 Å². The van der Waals surface area contributed by atoms with Gasteiger partial charge in [-0.05, 0) is 35.4 Å². The lowest BCUT2D eigenvalue weighted by Gasteiger charge is -2.17. The first kappa shape index (κ1) is 16.5. The van der Waals surface area contributed by atoms with E-state index in [2.05, 4.69) is 0 Å². The SMILES string of the molecule is O=C(O)c1ccc(OC(=O)C(c2ccccc2)c2ccccc2)cc1. The van der Waals surface area contributed by atoms with Crippen LogP contribution in [0.3, 0.4) is 0 Å². The quantitative estimate of drug-likeness (QED) is 0.564. The van der Waals surface area contributed by atoms with Gasteiger partial charge in [0.25, 0.3) is 0 Å². The summed E-state index contributed by atoms with van der Waals surface area (Å²) in [5.41, 5.74) is 1.81. The predicted molar refractivity (Wildman–Crippen MR) is 93.8 cm³/mol. The van der Waals surface area contributed by atoms with Crippen molar-refractivity contribution in [3.63, 3.8) is 0 Å². The third kappa shape index (κ3) is 3.93. The zero-order valence-electron chi connectivity index (χ0n) is 13.3. The van der Waals surface area contributed by atoms with Crippen molar-refractivity contribution >= 4 is 11.9 Å². The summed E-state index contributed by atoms with van der Waals surface area (Å²) in [6.45, 7) is 0. The minimum atomic E-state index is -1.02. The average molecular weight is 332 g/mol. The fourth-order valence-electron chi connectivity index (χ4n) is 2.60. The molecule has 3 aromatic rings. The molecule has 0 unspecified atom stereocenters. The molecule has 25 heavy (non-hydrogen) atoms.